The topological polar surface area (TPSA) is 110 Å². The van der Waals surface area contributed by atoms with Gasteiger partial charge >= 0.3 is 18.1 Å². The molecule has 0 saturated carbocycles. The lowest BCUT2D eigenvalue weighted by Gasteiger charge is -2.40. The van der Waals surface area contributed by atoms with Crippen molar-refractivity contribution in [3.63, 3.8) is 0 Å². The summed E-state index contributed by atoms with van der Waals surface area (Å²) < 4.78 is 36.8. The Kier molecular flexibility index (Phi) is 10.6. The first kappa shape index (κ1) is 28.3. The number of alkyl halides is 3. The number of methoxy groups -OCH3 is 1. The molecule has 1 fully saturated rings. The second-order valence-electron chi connectivity index (χ2n) is 7.07. The van der Waals surface area contributed by atoms with Crippen molar-refractivity contribution in [3.05, 3.63) is 33.8 Å². The van der Waals surface area contributed by atoms with Gasteiger partial charge in [-0.25, -0.2) is 4.79 Å². The van der Waals surface area contributed by atoms with Gasteiger partial charge in [0, 0.05) is 28.9 Å². The maximum atomic E-state index is 12.5. The summed E-state index contributed by atoms with van der Waals surface area (Å²) in [5.74, 6) is -2.93. The van der Waals surface area contributed by atoms with Crippen LogP contribution in [0.3, 0.4) is 0 Å². The van der Waals surface area contributed by atoms with E-state index < -0.39 is 23.6 Å². The lowest BCUT2D eigenvalue weighted by molar-refractivity contribution is -0.192. The fourth-order valence-corrected chi connectivity index (χ4v) is 3.86. The van der Waals surface area contributed by atoms with Crippen LogP contribution in [0, 0.1) is 5.41 Å². The number of thiol groups is 1. The normalized spacial score (nSPS) is 16.4. The van der Waals surface area contributed by atoms with Gasteiger partial charge in [-0.2, -0.15) is 25.8 Å². The van der Waals surface area contributed by atoms with Crippen LogP contribution in [0.1, 0.15) is 18.4 Å². The summed E-state index contributed by atoms with van der Waals surface area (Å²) >= 11 is 16.6. The fourth-order valence-electron chi connectivity index (χ4n) is 3.18. The molecule has 7 nitrogen and oxygen atoms in total. The highest BCUT2D eigenvalue weighted by molar-refractivity contribution is 7.80. The largest absolute Gasteiger partial charge is 0.490 e. The van der Waals surface area contributed by atoms with Gasteiger partial charge in [-0.3, -0.25) is 9.59 Å². The van der Waals surface area contributed by atoms with Gasteiger partial charge in [0.25, 0.3) is 0 Å². The van der Waals surface area contributed by atoms with E-state index >= 15 is 0 Å². The number of esters is 1. The summed E-state index contributed by atoms with van der Waals surface area (Å²) in [6.07, 6.45) is -3.78. The van der Waals surface area contributed by atoms with Crippen molar-refractivity contribution >= 4 is 53.7 Å². The van der Waals surface area contributed by atoms with Crippen molar-refractivity contribution in [1.82, 2.24) is 4.90 Å². The standard InChI is InChI=1S/C17H22Cl2N2O3S.C2HF3O2/c1-24-16(23)17(9-11-12(18)3-2-4-13(11)19)5-7-21(8-6-17)15(22)14(20)10-25;3-2(4,5)1(6)7/h2-4,14,25H,5-10,20H2,1H3;(H,6,7)/t14-;/m0./s1. The monoisotopic (exact) mass is 518 g/mol. The van der Waals surface area contributed by atoms with Crippen molar-refractivity contribution in [3.8, 4) is 0 Å². The number of carboxylic acids is 1. The van der Waals surface area contributed by atoms with E-state index in [1.165, 1.54) is 7.11 Å². The maximum absolute atomic E-state index is 12.5. The molecule has 1 aliphatic heterocycles. The molecule has 180 valence electrons. The Labute approximate surface area is 198 Å². The van der Waals surface area contributed by atoms with Crippen LogP contribution < -0.4 is 5.73 Å². The molecule has 0 aliphatic carbocycles. The summed E-state index contributed by atoms with van der Waals surface area (Å²) in [5.41, 5.74) is 5.74. The highest BCUT2D eigenvalue weighted by atomic mass is 35.5. The van der Waals surface area contributed by atoms with E-state index in [0.29, 0.717) is 42.4 Å². The number of carboxylic acid groups (broad SMARTS) is 1. The minimum atomic E-state index is -5.08. The molecule has 1 heterocycles. The van der Waals surface area contributed by atoms with Crippen molar-refractivity contribution < 1.29 is 37.4 Å². The van der Waals surface area contributed by atoms with Gasteiger partial charge < -0.3 is 20.5 Å². The number of ether oxygens (including phenoxy) is 1. The molecule has 1 aromatic rings. The third-order valence-corrected chi connectivity index (χ3v) is 6.09. The van der Waals surface area contributed by atoms with Crippen molar-refractivity contribution in [2.24, 2.45) is 11.1 Å². The number of nitrogens with two attached hydrogens (primary N) is 1. The average Bonchev–Trinajstić information content (AvgIpc) is 2.75. The van der Waals surface area contributed by atoms with Crippen LogP contribution >= 0.6 is 35.8 Å². The zero-order valence-electron chi connectivity index (χ0n) is 17.0. The number of carbonyl (C=O) groups excluding carboxylic acids is 2. The van der Waals surface area contributed by atoms with E-state index in [0.717, 1.165) is 5.56 Å². The van der Waals surface area contributed by atoms with E-state index in [1.54, 1.807) is 23.1 Å². The van der Waals surface area contributed by atoms with Gasteiger partial charge in [0.2, 0.25) is 5.91 Å². The third-order valence-electron chi connectivity index (χ3n) is 4.98. The summed E-state index contributed by atoms with van der Waals surface area (Å²) in [6.45, 7) is 0.856. The third kappa shape index (κ3) is 7.43. The number of hydrogen-bond donors (Lipinski definition) is 3. The first-order chi connectivity index (χ1) is 14.8. The summed E-state index contributed by atoms with van der Waals surface area (Å²) in [7, 11) is 1.37. The van der Waals surface area contributed by atoms with Crippen LogP contribution in [-0.4, -0.2) is 66.0 Å². The maximum Gasteiger partial charge on any atom is 0.490 e. The van der Waals surface area contributed by atoms with Crippen molar-refractivity contribution in [1.29, 1.82) is 0 Å². The SMILES string of the molecule is COC(=O)C1(Cc2c(Cl)cccc2Cl)CCN(C(=O)[C@@H](N)CS)CC1.O=C(O)C(F)(F)F. The zero-order valence-corrected chi connectivity index (χ0v) is 19.4. The Morgan fingerprint density at radius 1 is 1.25 bits per heavy atom. The van der Waals surface area contributed by atoms with Crippen LogP contribution in [0.2, 0.25) is 10.0 Å². The van der Waals surface area contributed by atoms with E-state index in [1.807, 2.05) is 0 Å². The number of benzene rings is 1. The van der Waals surface area contributed by atoms with Gasteiger partial charge in [0.15, 0.2) is 0 Å². The highest BCUT2D eigenvalue weighted by Gasteiger charge is 2.44. The molecule has 1 aliphatic rings. The number of amides is 1. The van der Waals surface area contributed by atoms with E-state index in [4.69, 9.17) is 43.6 Å². The lowest BCUT2D eigenvalue weighted by Crippen LogP contribution is -2.52. The molecule has 1 atom stereocenters. The Balaban J connectivity index is 0.000000633. The quantitative estimate of drug-likeness (QED) is 0.407. The molecule has 3 N–H and O–H groups in total. The molecule has 32 heavy (non-hydrogen) atoms. The number of carbonyl (C=O) groups is 3. The number of likely N-dealkylation sites (tertiary alicyclic amines) is 1. The van der Waals surface area contributed by atoms with E-state index in [-0.39, 0.29) is 17.6 Å². The molecule has 0 unspecified atom stereocenters. The smallest absolute Gasteiger partial charge is 0.475 e. The number of rotatable bonds is 5. The molecule has 1 saturated heterocycles. The van der Waals surface area contributed by atoms with E-state index in [9.17, 15) is 22.8 Å². The molecule has 1 amide bonds. The molecule has 0 bridgehead atoms. The first-order valence-electron chi connectivity index (χ1n) is 9.25. The number of hydrogen-bond acceptors (Lipinski definition) is 6. The lowest BCUT2D eigenvalue weighted by atomic mass is 9.73. The fraction of sp³-hybridized carbons (Fsp3) is 0.526. The van der Waals surface area contributed by atoms with Crippen LogP contribution in [0.25, 0.3) is 0 Å². The number of piperidine rings is 1. The first-order valence-corrected chi connectivity index (χ1v) is 10.6. The minimum Gasteiger partial charge on any atom is -0.475 e. The molecule has 0 radical (unpaired) electrons. The van der Waals surface area contributed by atoms with Gasteiger partial charge in [-0.05, 0) is 37.0 Å². The van der Waals surface area contributed by atoms with Crippen LogP contribution in [0.4, 0.5) is 13.2 Å². The second kappa shape index (κ2) is 12.0. The summed E-state index contributed by atoms with van der Waals surface area (Å²) in [5, 5.41) is 8.16. The van der Waals surface area contributed by atoms with Gasteiger partial charge in [0.05, 0.1) is 18.6 Å². The zero-order chi connectivity index (χ0) is 24.7. The Morgan fingerprint density at radius 3 is 2.09 bits per heavy atom. The van der Waals surface area contributed by atoms with Crippen LogP contribution in [-0.2, 0) is 25.5 Å². The minimum absolute atomic E-state index is 0.149. The molecule has 1 aromatic carbocycles. The second-order valence-corrected chi connectivity index (χ2v) is 8.25. The molecule has 0 spiro atoms. The molecule has 2 rings (SSSR count). The van der Waals surface area contributed by atoms with Crippen LogP contribution in [0.15, 0.2) is 18.2 Å². The summed E-state index contributed by atoms with van der Waals surface area (Å²) in [4.78, 5) is 35.3. The van der Waals surface area contributed by atoms with Gasteiger partial charge in [0.1, 0.15) is 0 Å². The number of halogens is 5. The Bertz CT molecular complexity index is 813. The molecule has 13 heteroatoms. The summed E-state index contributed by atoms with van der Waals surface area (Å²) in [6, 6.07) is 4.63. The number of aliphatic carboxylic acids is 1. The Hall–Kier alpha value is -1.69. The van der Waals surface area contributed by atoms with E-state index in [2.05, 4.69) is 12.6 Å². The highest BCUT2D eigenvalue weighted by Crippen LogP contribution is 2.40. The molecule has 0 aromatic heterocycles. The average molecular weight is 519 g/mol. The molecular formula is C19H23Cl2F3N2O5S. The molecular weight excluding hydrogens is 496 g/mol. The predicted octanol–water partition coefficient (Wildman–Crippen LogP) is 3.21. The van der Waals surface area contributed by atoms with Crippen molar-refractivity contribution in [2.75, 3.05) is 26.0 Å². The number of nitrogens with zero attached hydrogens (tertiary/aromatic N) is 1. The predicted molar refractivity (Wildman–Crippen MR) is 116 cm³/mol. The Morgan fingerprint density at radius 2 is 1.72 bits per heavy atom. The van der Waals surface area contributed by atoms with Gasteiger partial charge in [-0.15, -0.1) is 0 Å². The van der Waals surface area contributed by atoms with Crippen molar-refractivity contribution in [2.45, 2.75) is 31.5 Å². The van der Waals surface area contributed by atoms with Crippen LogP contribution in [0.5, 0.6) is 0 Å². The van der Waals surface area contributed by atoms with Gasteiger partial charge in [-0.1, -0.05) is 29.3 Å².